The molecule has 1 N–H and O–H groups in total. The molecule has 3 nitrogen and oxygen atoms in total. The lowest BCUT2D eigenvalue weighted by molar-refractivity contribution is 0.563. The van der Waals surface area contributed by atoms with Gasteiger partial charge in [-0.3, -0.25) is 0 Å². The summed E-state index contributed by atoms with van der Waals surface area (Å²) < 4.78 is 19.5. The molecule has 0 saturated heterocycles. The van der Waals surface area contributed by atoms with E-state index in [0.29, 0.717) is 5.56 Å². The average Bonchev–Trinajstić information content (AvgIpc) is 2.10. The Morgan fingerprint density at radius 1 is 1.43 bits per heavy atom. The van der Waals surface area contributed by atoms with Crippen LogP contribution < -0.4 is 0 Å². The molecule has 0 fully saturated rings. The van der Waals surface area contributed by atoms with Gasteiger partial charge in [-0.25, -0.2) is 4.21 Å². The first-order valence-electron chi connectivity index (χ1n) is 4.12. The van der Waals surface area contributed by atoms with Crippen molar-refractivity contribution >= 4 is 11.1 Å². The molecular weight excluding hydrogens is 198 g/mol. The molecule has 1 atom stereocenters. The van der Waals surface area contributed by atoms with E-state index in [1.165, 1.54) is 0 Å². The Hall–Kier alpha value is -1.18. The molecule has 1 aromatic rings. The zero-order chi connectivity index (χ0) is 10.7. The largest absolute Gasteiger partial charge is 0.306 e. The fourth-order valence-corrected chi connectivity index (χ4v) is 2.11. The van der Waals surface area contributed by atoms with Crippen molar-refractivity contribution in [3.8, 4) is 6.07 Å². The molecule has 0 heterocycles. The minimum absolute atomic E-state index is 0.128. The molecule has 0 aliphatic rings. The van der Waals surface area contributed by atoms with Gasteiger partial charge in [0.25, 0.3) is 0 Å². The van der Waals surface area contributed by atoms with Gasteiger partial charge in [0, 0.05) is 0 Å². The van der Waals surface area contributed by atoms with E-state index < -0.39 is 11.1 Å². The fourth-order valence-electron chi connectivity index (χ4n) is 1.41. The Labute approximate surface area is 85.7 Å². The third-order valence-electron chi connectivity index (χ3n) is 2.09. The minimum atomic E-state index is -1.83. The van der Waals surface area contributed by atoms with E-state index in [1.807, 2.05) is 13.8 Å². The molecule has 0 saturated carbocycles. The highest BCUT2D eigenvalue weighted by molar-refractivity contribution is 7.78. The molecule has 0 amide bonds. The van der Waals surface area contributed by atoms with Gasteiger partial charge in [0.15, 0.2) is 11.1 Å². The van der Waals surface area contributed by atoms with Gasteiger partial charge in [0.2, 0.25) is 0 Å². The molecule has 0 radical (unpaired) electrons. The molecule has 1 unspecified atom stereocenters. The first-order valence-corrected chi connectivity index (χ1v) is 5.40. The summed E-state index contributed by atoms with van der Waals surface area (Å²) in [4.78, 5) is 0. The second kappa shape index (κ2) is 4.36. The van der Waals surface area contributed by atoms with Crippen LogP contribution in [0.3, 0.4) is 0 Å². The Balaban J connectivity index is 3.19. The van der Waals surface area contributed by atoms with Crippen LogP contribution in [-0.2, 0) is 16.8 Å². The van der Waals surface area contributed by atoms with Crippen LogP contribution >= 0.6 is 0 Å². The van der Waals surface area contributed by atoms with Crippen LogP contribution in [0, 0.1) is 25.2 Å². The average molecular weight is 209 g/mol. The first kappa shape index (κ1) is 10.9. The Kier molecular flexibility index (Phi) is 3.39. The number of nitriles is 1. The molecule has 0 aliphatic carbocycles. The van der Waals surface area contributed by atoms with E-state index in [4.69, 9.17) is 9.81 Å². The summed E-state index contributed by atoms with van der Waals surface area (Å²) in [6, 6.07) is 5.51. The molecule has 14 heavy (non-hydrogen) atoms. The van der Waals surface area contributed by atoms with Crippen LogP contribution in [0.5, 0.6) is 0 Å². The monoisotopic (exact) mass is 209 g/mol. The SMILES string of the molecule is Cc1cc(C#N)cc(C)c1CS(=O)O. The molecule has 0 aromatic heterocycles. The highest BCUT2D eigenvalue weighted by Crippen LogP contribution is 2.17. The third-order valence-corrected chi connectivity index (χ3v) is 2.63. The number of hydrogen-bond acceptors (Lipinski definition) is 2. The second-order valence-electron chi connectivity index (χ2n) is 3.17. The normalized spacial score (nSPS) is 12.1. The molecule has 74 valence electrons. The minimum Gasteiger partial charge on any atom is -0.306 e. The molecular formula is C10H11NO2S. The zero-order valence-corrected chi connectivity index (χ0v) is 8.89. The number of benzene rings is 1. The van der Waals surface area contributed by atoms with Crippen LogP contribution in [0.15, 0.2) is 12.1 Å². The van der Waals surface area contributed by atoms with Crippen LogP contribution in [0.1, 0.15) is 22.3 Å². The lowest BCUT2D eigenvalue weighted by Crippen LogP contribution is -1.99. The van der Waals surface area contributed by atoms with Gasteiger partial charge in [-0.15, -0.1) is 0 Å². The molecule has 1 aromatic carbocycles. The van der Waals surface area contributed by atoms with Gasteiger partial charge in [-0.2, -0.15) is 5.26 Å². The van der Waals surface area contributed by atoms with E-state index in [9.17, 15) is 4.21 Å². The fraction of sp³-hybridized carbons (Fsp3) is 0.300. The van der Waals surface area contributed by atoms with Crippen LogP contribution in [-0.4, -0.2) is 8.76 Å². The van der Waals surface area contributed by atoms with Crippen molar-refractivity contribution in [2.45, 2.75) is 19.6 Å². The second-order valence-corrected chi connectivity index (χ2v) is 4.10. The van der Waals surface area contributed by atoms with Gasteiger partial charge in [-0.1, -0.05) is 0 Å². The summed E-state index contributed by atoms with van der Waals surface area (Å²) >= 11 is -1.83. The number of rotatable bonds is 2. The van der Waals surface area contributed by atoms with Gasteiger partial charge in [-0.05, 0) is 42.7 Å². The summed E-state index contributed by atoms with van der Waals surface area (Å²) in [7, 11) is 0. The van der Waals surface area contributed by atoms with Crippen LogP contribution in [0.25, 0.3) is 0 Å². The predicted molar refractivity (Wildman–Crippen MR) is 55.1 cm³/mol. The Bertz CT molecular complexity index is 398. The van der Waals surface area contributed by atoms with Crippen molar-refractivity contribution < 1.29 is 8.76 Å². The topological polar surface area (TPSA) is 61.1 Å². The van der Waals surface area contributed by atoms with Gasteiger partial charge >= 0.3 is 0 Å². The zero-order valence-electron chi connectivity index (χ0n) is 8.07. The van der Waals surface area contributed by atoms with Crippen molar-refractivity contribution in [1.29, 1.82) is 5.26 Å². The van der Waals surface area contributed by atoms with Crippen molar-refractivity contribution in [1.82, 2.24) is 0 Å². The Morgan fingerprint density at radius 2 is 1.93 bits per heavy atom. The van der Waals surface area contributed by atoms with Crippen LogP contribution in [0.4, 0.5) is 0 Å². The summed E-state index contributed by atoms with van der Waals surface area (Å²) in [6.07, 6.45) is 0. The first-order chi connectivity index (χ1) is 6.54. The number of aryl methyl sites for hydroxylation is 2. The van der Waals surface area contributed by atoms with E-state index >= 15 is 0 Å². The lowest BCUT2D eigenvalue weighted by Gasteiger charge is -2.07. The maximum Gasteiger partial charge on any atom is 0.157 e. The van der Waals surface area contributed by atoms with E-state index in [0.717, 1.165) is 16.7 Å². The third kappa shape index (κ3) is 2.41. The van der Waals surface area contributed by atoms with Crippen molar-refractivity contribution in [2.75, 3.05) is 0 Å². The highest BCUT2D eigenvalue weighted by Gasteiger charge is 2.07. The highest BCUT2D eigenvalue weighted by atomic mass is 32.2. The van der Waals surface area contributed by atoms with E-state index in [1.54, 1.807) is 12.1 Å². The predicted octanol–water partition coefficient (Wildman–Crippen LogP) is 1.90. The van der Waals surface area contributed by atoms with Gasteiger partial charge in [0.05, 0.1) is 17.4 Å². The number of nitrogens with zero attached hydrogens (tertiary/aromatic N) is 1. The van der Waals surface area contributed by atoms with Gasteiger partial charge < -0.3 is 4.55 Å². The summed E-state index contributed by atoms with van der Waals surface area (Å²) in [5.41, 5.74) is 3.23. The maximum absolute atomic E-state index is 10.7. The lowest BCUT2D eigenvalue weighted by atomic mass is 10.0. The molecule has 0 spiro atoms. The van der Waals surface area contributed by atoms with E-state index in [2.05, 4.69) is 6.07 Å². The summed E-state index contributed by atoms with van der Waals surface area (Å²) in [5.74, 6) is 0.128. The molecule has 1 rings (SSSR count). The molecule has 0 bridgehead atoms. The quantitative estimate of drug-likeness (QED) is 0.757. The summed E-state index contributed by atoms with van der Waals surface area (Å²) in [6.45, 7) is 3.69. The van der Waals surface area contributed by atoms with E-state index in [-0.39, 0.29) is 5.75 Å². The maximum atomic E-state index is 10.7. The standard InChI is InChI=1S/C10H11NO2S/c1-7-3-9(5-11)4-8(2)10(7)6-14(12)13/h3-4H,6H2,1-2H3,(H,12,13). The molecule has 0 aliphatic heterocycles. The van der Waals surface area contributed by atoms with Gasteiger partial charge in [0.1, 0.15) is 0 Å². The van der Waals surface area contributed by atoms with Crippen molar-refractivity contribution in [3.63, 3.8) is 0 Å². The Morgan fingerprint density at radius 3 is 2.29 bits per heavy atom. The van der Waals surface area contributed by atoms with Crippen molar-refractivity contribution in [2.24, 2.45) is 0 Å². The van der Waals surface area contributed by atoms with Crippen LogP contribution in [0.2, 0.25) is 0 Å². The van der Waals surface area contributed by atoms with Crippen molar-refractivity contribution in [3.05, 3.63) is 34.4 Å². The number of hydrogen-bond donors (Lipinski definition) is 1. The smallest absolute Gasteiger partial charge is 0.157 e. The summed E-state index contributed by atoms with van der Waals surface area (Å²) in [5, 5.41) is 8.70. The molecule has 4 heteroatoms.